The van der Waals surface area contributed by atoms with E-state index in [0.717, 1.165) is 12.8 Å². The minimum Gasteiger partial charge on any atom is -0.465 e. The van der Waals surface area contributed by atoms with Crippen molar-refractivity contribution in [2.75, 3.05) is 12.4 Å². The zero-order chi connectivity index (χ0) is 15.1. The molecule has 3 N–H and O–H groups in total. The first-order chi connectivity index (χ1) is 9.43. The number of rotatable bonds is 6. The Bertz CT molecular complexity index is 489. The quantitative estimate of drug-likeness (QED) is 0.791. The van der Waals surface area contributed by atoms with Crippen LogP contribution in [0.1, 0.15) is 36.5 Å². The summed E-state index contributed by atoms with van der Waals surface area (Å²) >= 11 is 5.90. The number of anilines is 1. The van der Waals surface area contributed by atoms with E-state index in [-0.39, 0.29) is 22.5 Å². The third-order valence-corrected chi connectivity index (χ3v) is 3.05. The van der Waals surface area contributed by atoms with Crippen LogP contribution < -0.4 is 11.1 Å². The lowest BCUT2D eigenvalue weighted by molar-refractivity contribution is -0.116. The van der Waals surface area contributed by atoms with E-state index in [9.17, 15) is 9.59 Å². The third kappa shape index (κ3) is 5.19. The summed E-state index contributed by atoms with van der Waals surface area (Å²) in [5.74, 6) is -0.660. The fourth-order valence-corrected chi connectivity index (χ4v) is 1.87. The van der Waals surface area contributed by atoms with Gasteiger partial charge in [-0.3, -0.25) is 4.79 Å². The van der Waals surface area contributed by atoms with Gasteiger partial charge in [-0.25, -0.2) is 4.79 Å². The molecule has 0 fully saturated rings. The molecule has 0 spiro atoms. The third-order valence-electron chi connectivity index (χ3n) is 2.72. The molecule has 0 aliphatic heterocycles. The van der Waals surface area contributed by atoms with Crippen LogP contribution in [0.3, 0.4) is 0 Å². The fourth-order valence-electron chi connectivity index (χ4n) is 1.68. The van der Waals surface area contributed by atoms with Gasteiger partial charge in [0.2, 0.25) is 5.91 Å². The Morgan fingerprint density at radius 3 is 2.75 bits per heavy atom. The van der Waals surface area contributed by atoms with Crippen molar-refractivity contribution in [2.45, 2.75) is 32.2 Å². The van der Waals surface area contributed by atoms with E-state index in [2.05, 4.69) is 10.1 Å². The molecule has 1 atom stereocenters. The predicted molar refractivity (Wildman–Crippen MR) is 78.9 cm³/mol. The molecule has 0 saturated carbocycles. The molecule has 5 nitrogen and oxygen atoms in total. The van der Waals surface area contributed by atoms with Gasteiger partial charge in [0.25, 0.3) is 0 Å². The van der Waals surface area contributed by atoms with Crippen molar-refractivity contribution in [1.29, 1.82) is 0 Å². The normalized spacial score (nSPS) is 11.8. The summed E-state index contributed by atoms with van der Waals surface area (Å²) in [6.07, 6.45) is 1.90. The molecule has 110 valence electrons. The summed E-state index contributed by atoms with van der Waals surface area (Å²) < 4.78 is 4.62. The maximum atomic E-state index is 11.7. The first kappa shape index (κ1) is 16.5. The van der Waals surface area contributed by atoms with Crippen molar-refractivity contribution in [3.8, 4) is 0 Å². The molecule has 20 heavy (non-hydrogen) atoms. The molecular formula is C14H19ClN2O3. The van der Waals surface area contributed by atoms with Gasteiger partial charge in [0.1, 0.15) is 0 Å². The molecule has 1 rings (SSSR count). The van der Waals surface area contributed by atoms with Gasteiger partial charge in [-0.1, -0.05) is 11.6 Å². The molecule has 0 saturated heterocycles. The van der Waals surface area contributed by atoms with E-state index in [4.69, 9.17) is 17.3 Å². The van der Waals surface area contributed by atoms with Crippen molar-refractivity contribution in [3.05, 3.63) is 28.8 Å². The second-order valence-corrected chi connectivity index (χ2v) is 5.01. The lowest BCUT2D eigenvalue weighted by atomic mass is 10.1. The topological polar surface area (TPSA) is 81.4 Å². The van der Waals surface area contributed by atoms with Crippen molar-refractivity contribution in [2.24, 2.45) is 5.73 Å². The summed E-state index contributed by atoms with van der Waals surface area (Å²) in [4.78, 5) is 23.2. The number of benzene rings is 1. The van der Waals surface area contributed by atoms with Gasteiger partial charge >= 0.3 is 5.97 Å². The summed E-state index contributed by atoms with van der Waals surface area (Å²) in [5.41, 5.74) is 6.36. The first-order valence-electron chi connectivity index (χ1n) is 6.37. The van der Waals surface area contributed by atoms with Crippen molar-refractivity contribution < 1.29 is 14.3 Å². The smallest absolute Gasteiger partial charge is 0.339 e. The molecule has 1 unspecified atom stereocenters. The molecule has 0 radical (unpaired) electrons. The number of carbonyl (C=O) groups is 2. The van der Waals surface area contributed by atoms with E-state index in [0.29, 0.717) is 12.1 Å². The van der Waals surface area contributed by atoms with Gasteiger partial charge < -0.3 is 15.8 Å². The number of hydrogen-bond donors (Lipinski definition) is 2. The van der Waals surface area contributed by atoms with Gasteiger partial charge in [-0.2, -0.15) is 0 Å². The molecule has 0 heterocycles. The van der Waals surface area contributed by atoms with E-state index < -0.39 is 5.97 Å². The Morgan fingerprint density at radius 1 is 1.45 bits per heavy atom. The van der Waals surface area contributed by atoms with Crippen LogP contribution >= 0.6 is 11.6 Å². The number of ether oxygens (including phenoxy) is 1. The second-order valence-electron chi connectivity index (χ2n) is 4.60. The number of halogens is 1. The largest absolute Gasteiger partial charge is 0.465 e. The zero-order valence-corrected chi connectivity index (χ0v) is 12.4. The van der Waals surface area contributed by atoms with E-state index in [1.54, 1.807) is 12.1 Å². The van der Waals surface area contributed by atoms with Crippen LogP contribution in [0.15, 0.2) is 18.2 Å². The highest BCUT2D eigenvalue weighted by Gasteiger charge is 2.12. The van der Waals surface area contributed by atoms with Gasteiger partial charge in [-0.05, 0) is 38.0 Å². The lowest BCUT2D eigenvalue weighted by Gasteiger charge is -2.09. The minimum absolute atomic E-state index is 0.0873. The Kier molecular flexibility index (Phi) is 6.48. The maximum Gasteiger partial charge on any atom is 0.339 e. The highest BCUT2D eigenvalue weighted by atomic mass is 35.5. The molecule has 0 aliphatic rings. The number of methoxy groups -OCH3 is 1. The number of amides is 1. The highest BCUT2D eigenvalue weighted by Crippen LogP contribution is 2.21. The van der Waals surface area contributed by atoms with Crippen LogP contribution in [0.5, 0.6) is 0 Å². The molecule has 1 amide bonds. The average Bonchev–Trinajstić information content (AvgIpc) is 2.39. The van der Waals surface area contributed by atoms with Crippen LogP contribution in [0.4, 0.5) is 5.69 Å². The van der Waals surface area contributed by atoms with Gasteiger partial charge in [0.15, 0.2) is 0 Å². The Labute approximate surface area is 123 Å². The van der Waals surface area contributed by atoms with Crippen LogP contribution in [-0.4, -0.2) is 25.0 Å². The zero-order valence-electron chi connectivity index (χ0n) is 11.6. The maximum absolute atomic E-state index is 11.7. The molecule has 1 aromatic rings. The molecule has 0 bridgehead atoms. The Balaban J connectivity index is 2.64. The molecule has 1 aromatic carbocycles. The second kappa shape index (κ2) is 7.87. The van der Waals surface area contributed by atoms with Crippen LogP contribution in [-0.2, 0) is 9.53 Å². The predicted octanol–water partition coefficient (Wildman–Crippen LogP) is 2.58. The molecular weight excluding hydrogens is 280 g/mol. The van der Waals surface area contributed by atoms with E-state index >= 15 is 0 Å². The number of carbonyl (C=O) groups excluding carboxylic acids is 2. The number of nitrogens with one attached hydrogen (secondary N) is 1. The minimum atomic E-state index is -0.539. The molecule has 6 heteroatoms. The molecule has 0 aromatic heterocycles. The van der Waals surface area contributed by atoms with Gasteiger partial charge in [0, 0.05) is 18.2 Å². The van der Waals surface area contributed by atoms with E-state index in [1.807, 2.05) is 6.92 Å². The standard InChI is InChI=1S/C14H19ClN2O3/c1-9(16)4-3-5-13(18)17-10-6-7-12(15)11(8-10)14(19)20-2/h6-9H,3-5,16H2,1-2H3,(H,17,18). The monoisotopic (exact) mass is 298 g/mol. The van der Waals surface area contributed by atoms with Gasteiger partial charge in [-0.15, -0.1) is 0 Å². The van der Waals surface area contributed by atoms with Crippen molar-refractivity contribution in [3.63, 3.8) is 0 Å². The Morgan fingerprint density at radius 2 is 2.15 bits per heavy atom. The number of nitrogens with two attached hydrogens (primary N) is 1. The number of hydrogen-bond acceptors (Lipinski definition) is 4. The average molecular weight is 299 g/mol. The van der Waals surface area contributed by atoms with Crippen LogP contribution in [0, 0.1) is 0 Å². The highest BCUT2D eigenvalue weighted by molar-refractivity contribution is 6.33. The van der Waals surface area contributed by atoms with Gasteiger partial charge in [0.05, 0.1) is 17.7 Å². The number of esters is 1. The van der Waals surface area contributed by atoms with E-state index in [1.165, 1.54) is 13.2 Å². The first-order valence-corrected chi connectivity index (χ1v) is 6.75. The SMILES string of the molecule is COC(=O)c1cc(NC(=O)CCCC(C)N)ccc1Cl. The summed E-state index contributed by atoms with van der Waals surface area (Å²) in [6, 6.07) is 4.77. The van der Waals surface area contributed by atoms with Crippen LogP contribution in [0.2, 0.25) is 5.02 Å². The summed E-state index contributed by atoms with van der Waals surface area (Å²) in [6.45, 7) is 1.90. The van der Waals surface area contributed by atoms with Crippen LogP contribution in [0.25, 0.3) is 0 Å². The Hall–Kier alpha value is -1.59. The lowest BCUT2D eigenvalue weighted by Crippen LogP contribution is -2.17. The van der Waals surface area contributed by atoms with Crippen molar-refractivity contribution >= 4 is 29.2 Å². The summed E-state index contributed by atoms with van der Waals surface area (Å²) in [5, 5.41) is 3.00. The van der Waals surface area contributed by atoms with Crippen molar-refractivity contribution in [1.82, 2.24) is 0 Å². The summed E-state index contributed by atoms with van der Waals surface area (Å²) in [7, 11) is 1.28. The fraction of sp³-hybridized carbons (Fsp3) is 0.429. The molecule has 0 aliphatic carbocycles.